The van der Waals surface area contributed by atoms with Crippen molar-refractivity contribution < 1.29 is 22.7 Å². The van der Waals surface area contributed by atoms with Gasteiger partial charge in [0.1, 0.15) is 6.10 Å². The molecule has 2 heterocycles. The van der Waals surface area contributed by atoms with Crippen LogP contribution in [0.2, 0.25) is 0 Å². The second kappa shape index (κ2) is 7.55. The van der Waals surface area contributed by atoms with Crippen LogP contribution in [0.25, 0.3) is 0 Å². The van der Waals surface area contributed by atoms with Crippen LogP contribution in [0, 0.1) is 5.92 Å². The molecule has 2 rings (SSSR count). The Hall–Kier alpha value is -1.57. The van der Waals surface area contributed by atoms with Crippen LogP contribution in [0.4, 0.5) is 13.2 Å². The van der Waals surface area contributed by atoms with Gasteiger partial charge in [0.2, 0.25) is 0 Å². The highest BCUT2D eigenvalue weighted by molar-refractivity contribution is 5.81. The highest BCUT2D eigenvalue weighted by Crippen LogP contribution is 2.29. The fourth-order valence-electron chi connectivity index (χ4n) is 3.03. The molecule has 0 aromatic carbocycles. The smallest absolute Gasteiger partial charge is 0.371 e. The molecule has 0 unspecified atom stereocenters. The molecular formula is C16H24F3N3O2. The molecule has 24 heavy (non-hydrogen) atoms. The van der Waals surface area contributed by atoms with Gasteiger partial charge in [0, 0.05) is 26.4 Å². The minimum atomic E-state index is -4.45. The van der Waals surface area contributed by atoms with Gasteiger partial charge in [0.25, 0.3) is 5.91 Å². The predicted molar refractivity (Wildman–Crippen MR) is 82.3 cm³/mol. The zero-order chi connectivity index (χ0) is 17.9. The minimum absolute atomic E-state index is 0.0874. The normalized spacial score (nSPS) is 21.6. The lowest BCUT2D eigenvalue weighted by molar-refractivity contribution is -0.147. The van der Waals surface area contributed by atoms with Gasteiger partial charge in [-0.25, -0.2) is 0 Å². The van der Waals surface area contributed by atoms with E-state index in [0.29, 0.717) is 19.5 Å². The molecule has 1 aliphatic heterocycles. The third-order valence-corrected chi connectivity index (χ3v) is 4.64. The number of carbonyl (C=O) groups is 1. The second-order valence-electron chi connectivity index (χ2n) is 6.30. The van der Waals surface area contributed by atoms with Crippen LogP contribution >= 0.6 is 0 Å². The molecule has 1 aliphatic rings. The first-order chi connectivity index (χ1) is 11.3. The summed E-state index contributed by atoms with van der Waals surface area (Å²) in [6.07, 6.45) is -1.39. The van der Waals surface area contributed by atoms with Crippen molar-refractivity contribution in [2.75, 3.05) is 20.2 Å². The van der Waals surface area contributed by atoms with E-state index in [0.717, 1.165) is 18.9 Å². The zero-order valence-corrected chi connectivity index (χ0v) is 14.2. The van der Waals surface area contributed by atoms with Gasteiger partial charge in [-0.05, 0) is 24.8 Å². The molecule has 0 spiro atoms. The molecule has 1 saturated heterocycles. The van der Waals surface area contributed by atoms with Gasteiger partial charge in [-0.2, -0.15) is 18.3 Å². The quantitative estimate of drug-likeness (QED) is 0.822. The maximum atomic E-state index is 12.7. The largest absolute Gasteiger partial charge is 0.435 e. The van der Waals surface area contributed by atoms with E-state index in [-0.39, 0.29) is 17.9 Å². The van der Waals surface area contributed by atoms with Crippen LogP contribution in [0.1, 0.15) is 44.8 Å². The Morgan fingerprint density at radius 1 is 1.50 bits per heavy atom. The van der Waals surface area contributed by atoms with E-state index in [1.807, 2.05) is 13.8 Å². The van der Waals surface area contributed by atoms with Crippen molar-refractivity contribution in [3.8, 4) is 0 Å². The second-order valence-corrected chi connectivity index (χ2v) is 6.30. The van der Waals surface area contributed by atoms with Crippen LogP contribution in [0.3, 0.4) is 0 Å². The summed E-state index contributed by atoms with van der Waals surface area (Å²) in [5.41, 5.74) is -0.902. The van der Waals surface area contributed by atoms with Crippen LogP contribution in [-0.2, 0) is 15.7 Å². The number of ether oxygens (including phenoxy) is 1. The zero-order valence-electron chi connectivity index (χ0n) is 14.2. The number of likely N-dealkylation sites (tertiary alicyclic amines) is 1. The Balaban J connectivity index is 2.08. The van der Waals surface area contributed by atoms with Gasteiger partial charge < -0.3 is 9.64 Å². The lowest BCUT2D eigenvalue weighted by atomic mass is 9.98. The van der Waals surface area contributed by atoms with E-state index >= 15 is 0 Å². The third-order valence-electron chi connectivity index (χ3n) is 4.64. The van der Waals surface area contributed by atoms with E-state index < -0.39 is 18.0 Å². The van der Waals surface area contributed by atoms with Crippen molar-refractivity contribution in [3.05, 3.63) is 18.0 Å². The van der Waals surface area contributed by atoms with Gasteiger partial charge in [-0.1, -0.05) is 20.3 Å². The first-order valence-electron chi connectivity index (χ1n) is 8.21. The van der Waals surface area contributed by atoms with Crippen molar-refractivity contribution in [2.24, 2.45) is 5.92 Å². The van der Waals surface area contributed by atoms with E-state index in [1.165, 1.54) is 18.0 Å². The van der Waals surface area contributed by atoms with Gasteiger partial charge in [-0.15, -0.1) is 0 Å². The summed E-state index contributed by atoms with van der Waals surface area (Å²) in [4.78, 5) is 14.3. The molecule has 1 fully saturated rings. The SMILES string of the molecule is CC[C@H](C)[C@@H](OC)C(=O)N1CCC[C@@H](n2ccc(C(F)(F)F)n2)C1. The number of nitrogens with zero attached hydrogens (tertiary/aromatic N) is 3. The standard InChI is InChI=1S/C16H24F3N3O2/c1-4-11(2)14(24-3)15(23)21-8-5-6-12(10-21)22-9-7-13(20-22)16(17,18)19/h7,9,11-12,14H,4-6,8,10H2,1-3H3/t11-,12+,14+/m0/s1. The van der Waals surface area contributed by atoms with Crippen LogP contribution < -0.4 is 0 Å². The highest BCUT2D eigenvalue weighted by Gasteiger charge is 2.36. The Morgan fingerprint density at radius 2 is 2.21 bits per heavy atom. The van der Waals surface area contributed by atoms with Crippen molar-refractivity contribution in [3.63, 3.8) is 0 Å². The molecule has 1 aromatic heterocycles. The molecular weight excluding hydrogens is 323 g/mol. The predicted octanol–water partition coefficient (Wildman–Crippen LogP) is 3.13. The molecule has 0 aliphatic carbocycles. The Bertz CT molecular complexity index is 559. The Labute approximate surface area is 139 Å². The van der Waals surface area contributed by atoms with Crippen molar-refractivity contribution >= 4 is 5.91 Å². The fraction of sp³-hybridized carbons (Fsp3) is 0.750. The first-order valence-corrected chi connectivity index (χ1v) is 8.21. The van der Waals surface area contributed by atoms with E-state index in [2.05, 4.69) is 5.10 Å². The van der Waals surface area contributed by atoms with Crippen LogP contribution in [0.15, 0.2) is 12.3 Å². The molecule has 0 bridgehead atoms. The molecule has 1 amide bonds. The van der Waals surface area contributed by atoms with Gasteiger partial charge in [0.15, 0.2) is 5.69 Å². The van der Waals surface area contributed by atoms with Crippen molar-refractivity contribution in [1.29, 1.82) is 0 Å². The fourth-order valence-corrected chi connectivity index (χ4v) is 3.03. The molecule has 0 radical (unpaired) electrons. The third kappa shape index (κ3) is 4.09. The highest BCUT2D eigenvalue weighted by atomic mass is 19.4. The summed E-state index contributed by atoms with van der Waals surface area (Å²) in [7, 11) is 1.51. The van der Waals surface area contributed by atoms with Crippen molar-refractivity contribution in [1.82, 2.24) is 14.7 Å². The summed E-state index contributed by atoms with van der Waals surface area (Å²) in [5, 5.41) is 3.64. The Kier molecular flexibility index (Phi) is 5.90. The summed E-state index contributed by atoms with van der Waals surface area (Å²) >= 11 is 0. The van der Waals surface area contributed by atoms with E-state index in [4.69, 9.17) is 4.74 Å². The van der Waals surface area contributed by atoms with Crippen LogP contribution in [-0.4, -0.2) is 46.9 Å². The molecule has 5 nitrogen and oxygen atoms in total. The summed E-state index contributed by atoms with van der Waals surface area (Å²) in [5.74, 6) is -0.0100. The number of hydrogen-bond acceptors (Lipinski definition) is 3. The maximum absolute atomic E-state index is 12.7. The molecule has 8 heteroatoms. The molecule has 3 atom stereocenters. The van der Waals surface area contributed by atoms with Crippen LogP contribution in [0.5, 0.6) is 0 Å². The average molecular weight is 347 g/mol. The summed E-state index contributed by atoms with van der Waals surface area (Å²) in [6.45, 7) is 4.90. The summed E-state index contributed by atoms with van der Waals surface area (Å²) < 4.78 is 44.8. The number of hydrogen-bond donors (Lipinski definition) is 0. The van der Waals surface area contributed by atoms with E-state index in [9.17, 15) is 18.0 Å². The summed E-state index contributed by atoms with van der Waals surface area (Å²) in [6, 6.07) is 0.728. The number of methoxy groups -OCH3 is 1. The average Bonchev–Trinajstić information content (AvgIpc) is 3.05. The van der Waals surface area contributed by atoms with Crippen molar-refractivity contribution in [2.45, 2.75) is 51.4 Å². The topological polar surface area (TPSA) is 47.4 Å². The number of carbonyl (C=O) groups excluding carboxylic acids is 1. The van der Waals surface area contributed by atoms with Gasteiger partial charge in [-0.3, -0.25) is 9.48 Å². The van der Waals surface area contributed by atoms with Gasteiger partial charge in [0.05, 0.1) is 6.04 Å². The van der Waals surface area contributed by atoms with Gasteiger partial charge >= 0.3 is 6.18 Å². The molecule has 0 N–H and O–H groups in total. The number of rotatable bonds is 5. The monoisotopic (exact) mass is 347 g/mol. The maximum Gasteiger partial charge on any atom is 0.435 e. The number of alkyl halides is 3. The minimum Gasteiger partial charge on any atom is -0.371 e. The first kappa shape index (κ1) is 18.8. The lowest BCUT2D eigenvalue weighted by Gasteiger charge is -2.35. The van der Waals surface area contributed by atoms with E-state index in [1.54, 1.807) is 4.90 Å². The molecule has 136 valence electrons. The Morgan fingerprint density at radius 3 is 2.75 bits per heavy atom. The molecule has 1 aromatic rings. The number of piperidine rings is 1. The number of halogens is 3. The number of aromatic nitrogens is 2. The lowest BCUT2D eigenvalue weighted by Crippen LogP contribution is -2.47. The molecule has 0 saturated carbocycles. The number of amides is 1.